The second kappa shape index (κ2) is 6.55. The maximum atomic E-state index is 12.3. The Labute approximate surface area is 131 Å². The topological polar surface area (TPSA) is 43.1 Å². The predicted molar refractivity (Wildman–Crippen MR) is 90.0 cm³/mol. The molecular formula is C16H18BrNOS. The normalized spacial score (nSPS) is 12.3. The zero-order valence-electron chi connectivity index (χ0n) is 11.7. The Morgan fingerprint density at radius 3 is 2.05 bits per heavy atom. The summed E-state index contributed by atoms with van der Waals surface area (Å²) in [5.74, 6) is 1.10. The zero-order chi connectivity index (χ0) is 14.7. The van der Waals surface area contributed by atoms with E-state index in [9.17, 15) is 4.21 Å². The van der Waals surface area contributed by atoms with Gasteiger partial charge >= 0.3 is 0 Å². The van der Waals surface area contributed by atoms with Crippen molar-refractivity contribution in [2.75, 3.05) is 5.73 Å². The van der Waals surface area contributed by atoms with Crippen molar-refractivity contribution >= 4 is 32.4 Å². The molecule has 1 atom stereocenters. The third kappa shape index (κ3) is 4.46. The van der Waals surface area contributed by atoms with Crippen LogP contribution in [0.15, 0.2) is 40.9 Å². The van der Waals surface area contributed by atoms with Crippen molar-refractivity contribution < 1.29 is 4.21 Å². The minimum atomic E-state index is -0.931. The number of aryl methyl sites for hydroxylation is 2. The average Bonchev–Trinajstić information content (AvgIpc) is 2.24. The van der Waals surface area contributed by atoms with Crippen molar-refractivity contribution in [3.8, 4) is 0 Å². The van der Waals surface area contributed by atoms with E-state index in [-0.39, 0.29) is 0 Å². The molecule has 0 bridgehead atoms. The average molecular weight is 352 g/mol. The first kappa shape index (κ1) is 15.3. The van der Waals surface area contributed by atoms with E-state index in [1.165, 1.54) is 11.1 Å². The van der Waals surface area contributed by atoms with Gasteiger partial charge in [-0.25, -0.2) is 0 Å². The molecule has 0 radical (unpaired) electrons. The third-order valence-corrected chi connectivity index (χ3v) is 4.69. The van der Waals surface area contributed by atoms with Gasteiger partial charge in [-0.3, -0.25) is 4.21 Å². The number of halogens is 1. The minimum absolute atomic E-state index is 0.524. The highest BCUT2D eigenvalue weighted by atomic mass is 79.9. The van der Waals surface area contributed by atoms with Crippen molar-refractivity contribution in [1.29, 1.82) is 0 Å². The molecule has 0 saturated heterocycles. The second-order valence-corrected chi connectivity index (χ2v) is 7.49. The minimum Gasteiger partial charge on any atom is -0.399 e. The van der Waals surface area contributed by atoms with Gasteiger partial charge in [0.15, 0.2) is 0 Å². The van der Waals surface area contributed by atoms with E-state index in [0.29, 0.717) is 17.2 Å². The maximum absolute atomic E-state index is 12.3. The molecule has 2 nitrogen and oxygen atoms in total. The molecule has 106 valence electrons. The van der Waals surface area contributed by atoms with Gasteiger partial charge in [-0.2, -0.15) is 0 Å². The summed E-state index contributed by atoms with van der Waals surface area (Å²) < 4.78 is 13.2. The van der Waals surface area contributed by atoms with E-state index in [1.54, 1.807) is 0 Å². The lowest BCUT2D eigenvalue weighted by Crippen LogP contribution is -2.01. The first-order valence-corrected chi connectivity index (χ1v) is 8.67. The third-order valence-electron chi connectivity index (χ3n) is 2.92. The van der Waals surface area contributed by atoms with Crippen LogP contribution >= 0.6 is 15.9 Å². The fourth-order valence-corrected chi connectivity index (χ4v) is 4.07. The van der Waals surface area contributed by atoms with Crippen molar-refractivity contribution in [3.05, 3.63) is 63.1 Å². The highest BCUT2D eigenvalue weighted by Gasteiger charge is 2.06. The SMILES string of the molecule is Cc1cc(C)cc(CS(=O)Cc2cc(N)cc(Br)c2)c1. The Balaban J connectivity index is 2.08. The molecule has 20 heavy (non-hydrogen) atoms. The lowest BCUT2D eigenvalue weighted by molar-refractivity contribution is 0.682. The smallest absolute Gasteiger partial charge is 0.0490 e. The van der Waals surface area contributed by atoms with Crippen LogP contribution in [0.4, 0.5) is 5.69 Å². The van der Waals surface area contributed by atoms with Crippen LogP contribution in [0.2, 0.25) is 0 Å². The van der Waals surface area contributed by atoms with Gasteiger partial charge in [-0.05, 0) is 43.2 Å². The summed E-state index contributed by atoms with van der Waals surface area (Å²) in [5, 5.41) is 0. The lowest BCUT2D eigenvalue weighted by atomic mass is 10.1. The summed E-state index contributed by atoms with van der Waals surface area (Å²) in [6.45, 7) is 4.13. The van der Waals surface area contributed by atoms with E-state index < -0.39 is 10.8 Å². The van der Waals surface area contributed by atoms with Gasteiger partial charge < -0.3 is 5.73 Å². The van der Waals surface area contributed by atoms with Crippen molar-refractivity contribution in [2.45, 2.75) is 25.4 Å². The molecule has 2 N–H and O–H groups in total. The second-order valence-electron chi connectivity index (χ2n) is 5.12. The Morgan fingerprint density at radius 1 is 0.950 bits per heavy atom. The summed E-state index contributed by atoms with van der Waals surface area (Å²) in [6, 6.07) is 12.0. The molecule has 0 fully saturated rings. The van der Waals surface area contributed by atoms with Gasteiger partial charge in [-0.1, -0.05) is 45.3 Å². The molecule has 0 spiro atoms. The first-order chi connectivity index (χ1) is 9.42. The molecule has 0 aliphatic rings. The largest absolute Gasteiger partial charge is 0.399 e. The standard InChI is InChI=1S/C16H18BrNOS/c1-11-3-12(2)5-13(4-11)9-20(19)10-14-6-15(17)8-16(18)7-14/h3-8H,9-10,18H2,1-2H3. The van der Waals surface area contributed by atoms with Crippen LogP contribution in [0.5, 0.6) is 0 Å². The highest BCUT2D eigenvalue weighted by Crippen LogP contribution is 2.19. The first-order valence-electron chi connectivity index (χ1n) is 6.39. The fraction of sp³-hybridized carbons (Fsp3) is 0.250. The van der Waals surface area contributed by atoms with Crippen LogP contribution in [-0.2, 0) is 22.3 Å². The maximum Gasteiger partial charge on any atom is 0.0490 e. The van der Waals surface area contributed by atoms with Gasteiger partial charge in [0, 0.05) is 32.5 Å². The summed E-state index contributed by atoms with van der Waals surface area (Å²) >= 11 is 3.41. The van der Waals surface area contributed by atoms with E-state index in [4.69, 9.17) is 5.73 Å². The molecule has 4 heteroatoms. The van der Waals surface area contributed by atoms with Crippen LogP contribution in [-0.4, -0.2) is 4.21 Å². The van der Waals surface area contributed by atoms with E-state index in [0.717, 1.165) is 15.6 Å². The van der Waals surface area contributed by atoms with Crippen LogP contribution in [0.1, 0.15) is 22.3 Å². The Kier molecular flexibility index (Phi) is 5.00. The van der Waals surface area contributed by atoms with Crippen molar-refractivity contribution in [2.24, 2.45) is 0 Å². The van der Waals surface area contributed by atoms with E-state index >= 15 is 0 Å². The summed E-state index contributed by atoms with van der Waals surface area (Å²) in [6.07, 6.45) is 0. The molecule has 2 aromatic rings. The fourth-order valence-electron chi connectivity index (χ4n) is 2.33. The van der Waals surface area contributed by atoms with Crippen molar-refractivity contribution in [3.63, 3.8) is 0 Å². The summed E-state index contributed by atoms with van der Waals surface area (Å²) in [4.78, 5) is 0. The van der Waals surface area contributed by atoms with Crippen LogP contribution in [0.25, 0.3) is 0 Å². The van der Waals surface area contributed by atoms with E-state index in [1.807, 2.05) is 18.2 Å². The van der Waals surface area contributed by atoms with E-state index in [2.05, 4.69) is 48.0 Å². The summed E-state index contributed by atoms with van der Waals surface area (Å²) in [7, 11) is -0.931. The molecule has 2 aromatic carbocycles. The quantitative estimate of drug-likeness (QED) is 0.842. The number of hydrogen-bond acceptors (Lipinski definition) is 2. The van der Waals surface area contributed by atoms with Crippen LogP contribution < -0.4 is 5.73 Å². The number of benzene rings is 2. The number of rotatable bonds is 4. The van der Waals surface area contributed by atoms with Crippen LogP contribution in [0.3, 0.4) is 0 Å². The van der Waals surface area contributed by atoms with Gasteiger partial charge in [0.25, 0.3) is 0 Å². The lowest BCUT2D eigenvalue weighted by Gasteiger charge is -2.07. The Hall–Kier alpha value is -1.13. The number of anilines is 1. The highest BCUT2D eigenvalue weighted by molar-refractivity contribution is 9.10. The molecule has 0 saturated carbocycles. The predicted octanol–water partition coefficient (Wildman–Crippen LogP) is 4.10. The molecular weight excluding hydrogens is 334 g/mol. The number of hydrogen-bond donors (Lipinski definition) is 1. The molecule has 1 unspecified atom stereocenters. The van der Waals surface area contributed by atoms with Crippen molar-refractivity contribution in [1.82, 2.24) is 0 Å². The van der Waals surface area contributed by atoms with Gasteiger partial charge in [0.1, 0.15) is 0 Å². The molecule has 0 aliphatic heterocycles. The monoisotopic (exact) mass is 351 g/mol. The number of nitrogen functional groups attached to an aromatic ring is 1. The van der Waals surface area contributed by atoms with Crippen LogP contribution in [0, 0.1) is 13.8 Å². The molecule has 2 rings (SSSR count). The molecule has 0 amide bonds. The Morgan fingerprint density at radius 2 is 1.50 bits per heavy atom. The molecule has 0 aliphatic carbocycles. The van der Waals surface area contributed by atoms with Gasteiger partial charge in [-0.15, -0.1) is 0 Å². The van der Waals surface area contributed by atoms with Gasteiger partial charge in [0.2, 0.25) is 0 Å². The number of nitrogens with two attached hydrogens (primary N) is 1. The molecule has 0 aromatic heterocycles. The summed E-state index contributed by atoms with van der Waals surface area (Å²) in [5.41, 5.74) is 11.0. The molecule has 0 heterocycles. The van der Waals surface area contributed by atoms with Gasteiger partial charge in [0.05, 0.1) is 0 Å². The zero-order valence-corrected chi connectivity index (χ0v) is 14.1. The Bertz CT molecular complexity index is 559.